The summed E-state index contributed by atoms with van der Waals surface area (Å²) in [6.45, 7) is 12.5. The Morgan fingerprint density at radius 2 is 1.83 bits per heavy atom. The molecule has 68 valence electrons. The van der Waals surface area contributed by atoms with Gasteiger partial charge in [0.25, 0.3) is 0 Å². The SMILES string of the molecule is [C-]#[N+]/C(F)=C(\F)CC[Si](C)(C)C. The molecule has 0 saturated heterocycles. The van der Waals surface area contributed by atoms with Crippen LogP contribution in [0.2, 0.25) is 25.7 Å². The Labute approximate surface area is 72.9 Å². The van der Waals surface area contributed by atoms with E-state index in [1.807, 2.05) is 0 Å². The molecular formula is C8H13F2NSi. The van der Waals surface area contributed by atoms with E-state index in [0.29, 0.717) is 6.04 Å². The first-order valence-corrected chi connectivity index (χ1v) is 7.49. The van der Waals surface area contributed by atoms with Gasteiger partial charge in [0.05, 0.1) is 6.57 Å². The van der Waals surface area contributed by atoms with Crippen molar-refractivity contribution in [1.29, 1.82) is 0 Å². The zero-order valence-electron chi connectivity index (χ0n) is 7.62. The lowest BCUT2D eigenvalue weighted by Crippen LogP contribution is -2.18. The minimum Gasteiger partial charge on any atom is -0.234 e. The Balaban J connectivity index is 4.06. The number of halogens is 2. The van der Waals surface area contributed by atoms with Gasteiger partial charge in [-0.3, -0.25) is 0 Å². The van der Waals surface area contributed by atoms with Gasteiger partial charge in [0.1, 0.15) is 5.83 Å². The molecule has 0 aliphatic heterocycles. The first-order chi connectivity index (χ1) is 5.37. The summed E-state index contributed by atoms with van der Waals surface area (Å²) in [6.07, 6.45) is 0.0733. The molecule has 0 aliphatic carbocycles. The Kier molecular flexibility index (Phi) is 4.11. The van der Waals surface area contributed by atoms with E-state index in [4.69, 9.17) is 6.57 Å². The van der Waals surface area contributed by atoms with Gasteiger partial charge >= 0.3 is 5.95 Å². The lowest BCUT2D eigenvalue weighted by Gasteiger charge is -2.13. The highest BCUT2D eigenvalue weighted by atomic mass is 28.3. The van der Waals surface area contributed by atoms with Gasteiger partial charge in [-0.2, -0.15) is 0 Å². The van der Waals surface area contributed by atoms with E-state index in [0.717, 1.165) is 0 Å². The van der Waals surface area contributed by atoms with Crippen molar-refractivity contribution in [2.45, 2.75) is 32.1 Å². The molecule has 0 spiro atoms. The van der Waals surface area contributed by atoms with Crippen molar-refractivity contribution < 1.29 is 8.78 Å². The fourth-order valence-corrected chi connectivity index (χ4v) is 1.62. The first-order valence-electron chi connectivity index (χ1n) is 3.78. The summed E-state index contributed by atoms with van der Waals surface area (Å²) in [5, 5.41) is 0. The number of hydrogen-bond donors (Lipinski definition) is 0. The van der Waals surface area contributed by atoms with Crippen molar-refractivity contribution in [3.8, 4) is 0 Å². The van der Waals surface area contributed by atoms with E-state index in [1.165, 1.54) is 0 Å². The minimum atomic E-state index is -1.32. The number of rotatable bonds is 3. The second-order valence-electron chi connectivity index (χ2n) is 3.87. The van der Waals surface area contributed by atoms with Crippen LogP contribution in [-0.4, -0.2) is 8.07 Å². The summed E-state index contributed by atoms with van der Waals surface area (Å²) < 4.78 is 24.9. The van der Waals surface area contributed by atoms with Crippen LogP contribution in [-0.2, 0) is 0 Å². The molecule has 1 nitrogen and oxygen atoms in total. The van der Waals surface area contributed by atoms with Crippen molar-refractivity contribution in [1.82, 2.24) is 0 Å². The fraction of sp³-hybridized carbons (Fsp3) is 0.625. The molecule has 0 fully saturated rings. The quantitative estimate of drug-likeness (QED) is 0.362. The van der Waals surface area contributed by atoms with E-state index in [9.17, 15) is 8.78 Å². The van der Waals surface area contributed by atoms with Crippen molar-refractivity contribution in [3.05, 3.63) is 23.2 Å². The lowest BCUT2D eigenvalue weighted by molar-refractivity contribution is 0.530. The second-order valence-corrected chi connectivity index (χ2v) is 9.49. The molecule has 0 unspecified atom stereocenters. The summed E-state index contributed by atoms with van der Waals surface area (Å²) in [5.74, 6) is -2.18. The van der Waals surface area contributed by atoms with Gasteiger partial charge in [0.15, 0.2) is 0 Å². The second kappa shape index (κ2) is 4.36. The van der Waals surface area contributed by atoms with Crippen molar-refractivity contribution in [3.63, 3.8) is 0 Å². The van der Waals surface area contributed by atoms with Crippen LogP contribution >= 0.6 is 0 Å². The van der Waals surface area contributed by atoms with Crippen LogP contribution < -0.4 is 0 Å². The van der Waals surface area contributed by atoms with Crippen LogP contribution in [0.15, 0.2) is 11.8 Å². The Bertz CT molecular complexity index is 222. The van der Waals surface area contributed by atoms with Gasteiger partial charge in [-0.25, -0.2) is 13.6 Å². The molecule has 0 atom stereocenters. The Hall–Kier alpha value is -0.693. The molecule has 0 amide bonds. The van der Waals surface area contributed by atoms with Gasteiger partial charge in [-0.05, 0) is 6.42 Å². The Morgan fingerprint density at radius 1 is 1.33 bits per heavy atom. The molecule has 0 rings (SSSR count). The van der Waals surface area contributed by atoms with Crippen LogP contribution in [0, 0.1) is 6.57 Å². The van der Waals surface area contributed by atoms with Gasteiger partial charge in [-0.15, -0.1) is 0 Å². The molecule has 0 N–H and O–H groups in total. The van der Waals surface area contributed by atoms with Crippen molar-refractivity contribution in [2.75, 3.05) is 0 Å². The van der Waals surface area contributed by atoms with E-state index in [1.54, 1.807) is 0 Å². The number of hydrogen-bond acceptors (Lipinski definition) is 0. The average Bonchev–Trinajstić information content (AvgIpc) is 1.97. The number of allylic oxidation sites excluding steroid dienone is 1. The Morgan fingerprint density at radius 3 is 2.17 bits per heavy atom. The third-order valence-electron chi connectivity index (χ3n) is 1.42. The zero-order valence-corrected chi connectivity index (χ0v) is 8.62. The average molecular weight is 189 g/mol. The monoisotopic (exact) mass is 189 g/mol. The van der Waals surface area contributed by atoms with E-state index >= 15 is 0 Å². The highest BCUT2D eigenvalue weighted by molar-refractivity contribution is 6.76. The van der Waals surface area contributed by atoms with Crippen LogP contribution in [0.3, 0.4) is 0 Å². The van der Waals surface area contributed by atoms with Crippen LogP contribution in [0.25, 0.3) is 4.85 Å². The standard InChI is InChI=1S/C8H13F2NSi/c1-11-8(10)7(9)5-6-12(2,3)4/h5-6H2,2-4H3/b8-7-. The van der Waals surface area contributed by atoms with E-state index < -0.39 is 19.9 Å². The summed E-state index contributed by atoms with van der Waals surface area (Å²) in [4.78, 5) is 2.39. The maximum atomic E-state index is 12.6. The fourth-order valence-electron chi connectivity index (χ4n) is 0.649. The molecule has 0 saturated carbocycles. The predicted octanol–water partition coefficient (Wildman–Crippen LogP) is 3.74. The van der Waals surface area contributed by atoms with Crippen LogP contribution in [0.4, 0.5) is 8.78 Å². The molecule has 12 heavy (non-hydrogen) atoms. The highest BCUT2D eigenvalue weighted by Gasteiger charge is 2.15. The van der Waals surface area contributed by atoms with Gasteiger partial charge in [0, 0.05) is 8.07 Å². The van der Waals surface area contributed by atoms with Crippen molar-refractivity contribution >= 4 is 8.07 Å². The van der Waals surface area contributed by atoms with Crippen molar-refractivity contribution in [2.24, 2.45) is 0 Å². The van der Waals surface area contributed by atoms with Gasteiger partial charge in [0.2, 0.25) is 0 Å². The number of nitrogens with zero attached hydrogens (tertiary/aromatic N) is 1. The summed E-state index contributed by atoms with van der Waals surface area (Å²) in [5.41, 5.74) is 0. The molecule has 0 aromatic heterocycles. The first kappa shape index (κ1) is 11.3. The molecule has 0 bridgehead atoms. The third kappa shape index (κ3) is 5.02. The van der Waals surface area contributed by atoms with E-state index in [2.05, 4.69) is 24.5 Å². The molecule has 0 aliphatic rings. The predicted molar refractivity (Wildman–Crippen MR) is 48.6 cm³/mol. The zero-order chi connectivity index (χ0) is 9.78. The normalized spacial score (nSPS) is 13.7. The lowest BCUT2D eigenvalue weighted by atomic mass is 10.4. The molecule has 0 heterocycles. The largest absolute Gasteiger partial charge is 0.362 e. The van der Waals surface area contributed by atoms with Gasteiger partial charge in [-0.1, -0.05) is 25.7 Å². The topological polar surface area (TPSA) is 4.36 Å². The maximum Gasteiger partial charge on any atom is 0.362 e. The molecule has 0 aromatic rings. The smallest absolute Gasteiger partial charge is 0.234 e. The molecule has 0 radical (unpaired) electrons. The third-order valence-corrected chi connectivity index (χ3v) is 3.17. The maximum absolute atomic E-state index is 12.6. The van der Waals surface area contributed by atoms with Crippen LogP contribution in [0.1, 0.15) is 6.42 Å². The van der Waals surface area contributed by atoms with E-state index in [-0.39, 0.29) is 6.42 Å². The highest BCUT2D eigenvalue weighted by Crippen LogP contribution is 2.20. The summed E-state index contributed by atoms with van der Waals surface area (Å²) in [7, 11) is -1.32. The molecule has 0 aromatic carbocycles. The molecular weight excluding hydrogens is 176 g/mol. The summed E-state index contributed by atoms with van der Waals surface area (Å²) in [6, 6.07) is 0.682. The molecule has 4 heteroatoms. The minimum absolute atomic E-state index is 0.0733. The van der Waals surface area contributed by atoms with Gasteiger partial charge < -0.3 is 0 Å². The summed E-state index contributed by atoms with van der Waals surface area (Å²) >= 11 is 0. The van der Waals surface area contributed by atoms with Crippen LogP contribution in [0.5, 0.6) is 0 Å².